The van der Waals surface area contributed by atoms with Crippen molar-refractivity contribution in [2.24, 2.45) is 5.92 Å². The van der Waals surface area contributed by atoms with Crippen LogP contribution in [0.15, 0.2) is 30.3 Å². The summed E-state index contributed by atoms with van der Waals surface area (Å²) in [6.07, 6.45) is 0. The Morgan fingerprint density at radius 2 is 1.76 bits per heavy atom. The van der Waals surface area contributed by atoms with Gasteiger partial charge >= 0.3 is 5.97 Å². The van der Waals surface area contributed by atoms with Gasteiger partial charge in [0.25, 0.3) is 0 Å². The summed E-state index contributed by atoms with van der Waals surface area (Å²) in [7, 11) is 0. The van der Waals surface area contributed by atoms with Crippen LogP contribution in [0.1, 0.15) is 26.3 Å². The van der Waals surface area contributed by atoms with Crippen molar-refractivity contribution in [3.63, 3.8) is 0 Å². The van der Waals surface area contributed by atoms with E-state index in [0.717, 1.165) is 0 Å². The molecule has 1 rings (SSSR count). The number of carboxylic acid groups (broad SMARTS) is 1. The van der Waals surface area contributed by atoms with Crippen molar-refractivity contribution in [2.45, 2.75) is 26.3 Å². The quantitative estimate of drug-likeness (QED) is 0.835. The average molecular weight is 235 g/mol. The van der Waals surface area contributed by atoms with Crippen LogP contribution < -0.4 is 5.32 Å². The first-order valence-electron chi connectivity index (χ1n) is 5.49. The Labute approximate surface area is 101 Å². The largest absolute Gasteiger partial charge is 0.479 e. The Balaban J connectivity index is 3.35. The lowest BCUT2D eigenvalue weighted by molar-refractivity contribution is -0.150. The summed E-state index contributed by atoms with van der Waals surface area (Å²) in [5, 5.41) is 12.1. The van der Waals surface area contributed by atoms with Crippen molar-refractivity contribution < 1.29 is 14.7 Å². The summed E-state index contributed by atoms with van der Waals surface area (Å²) in [5.41, 5.74) is -0.787. The highest BCUT2D eigenvalue weighted by molar-refractivity contribution is 5.87. The van der Waals surface area contributed by atoms with E-state index in [0.29, 0.717) is 5.56 Å². The molecule has 0 fully saturated rings. The molecular formula is C13H17NO3. The molecule has 0 aliphatic rings. The van der Waals surface area contributed by atoms with Crippen LogP contribution in [0, 0.1) is 5.92 Å². The number of rotatable bonds is 4. The van der Waals surface area contributed by atoms with Crippen molar-refractivity contribution >= 4 is 11.9 Å². The Morgan fingerprint density at radius 1 is 1.24 bits per heavy atom. The van der Waals surface area contributed by atoms with E-state index in [-0.39, 0.29) is 11.8 Å². The zero-order valence-electron chi connectivity index (χ0n) is 10.2. The van der Waals surface area contributed by atoms with Crippen molar-refractivity contribution in [1.29, 1.82) is 0 Å². The molecule has 4 nitrogen and oxygen atoms in total. The fraction of sp³-hybridized carbons (Fsp3) is 0.385. The first kappa shape index (κ1) is 13.2. The number of carboxylic acids is 1. The monoisotopic (exact) mass is 235 g/mol. The predicted molar refractivity (Wildman–Crippen MR) is 64.4 cm³/mol. The van der Waals surface area contributed by atoms with Gasteiger partial charge in [-0.05, 0) is 11.5 Å². The van der Waals surface area contributed by atoms with E-state index in [1.165, 1.54) is 6.92 Å². The molecule has 0 aromatic heterocycles. The number of hydrogen-bond acceptors (Lipinski definition) is 2. The van der Waals surface area contributed by atoms with Crippen LogP contribution in [-0.4, -0.2) is 17.0 Å². The average Bonchev–Trinajstić information content (AvgIpc) is 2.25. The van der Waals surface area contributed by atoms with E-state index in [2.05, 4.69) is 5.32 Å². The second kappa shape index (κ2) is 4.99. The van der Waals surface area contributed by atoms with Crippen LogP contribution >= 0.6 is 0 Å². The molecule has 4 heteroatoms. The smallest absolute Gasteiger partial charge is 0.334 e. The zero-order valence-corrected chi connectivity index (χ0v) is 10.2. The van der Waals surface area contributed by atoms with Gasteiger partial charge in [-0.1, -0.05) is 44.2 Å². The molecule has 0 radical (unpaired) electrons. The van der Waals surface area contributed by atoms with Crippen LogP contribution in [-0.2, 0) is 15.1 Å². The van der Waals surface area contributed by atoms with E-state index in [1.54, 1.807) is 38.1 Å². The van der Waals surface area contributed by atoms with Gasteiger partial charge in [0, 0.05) is 6.92 Å². The molecule has 17 heavy (non-hydrogen) atoms. The Hall–Kier alpha value is -1.84. The SMILES string of the molecule is CC(=O)NC(C(=O)O)(c1ccccc1)C(C)C. The van der Waals surface area contributed by atoms with E-state index in [4.69, 9.17) is 0 Å². The topological polar surface area (TPSA) is 66.4 Å². The summed E-state index contributed by atoms with van der Waals surface area (Å²) in [5.74, 6) is -1.66. The van der Waals surface area contributed by atoms with E-state index in [1.807, 2.05) is 6.07 Å². The lowest BCUT2D eigenvalue weighted by Gasteiger charge is -2.34. The molecule has 0 saturated carbocycles. The van der Waals surface area contributed by atoms with E-state index >= 15 is 0 Å². The third-order valence-electron chi connectivity index (χ3n) is 2.81. The Kier molecular flexibility index (Phi) is 3.89. The van der Waals surface area contributed by atoms with Gasteiger partial charge in [-0.15, -0.1) is 0 Å². The summed E-state index contributed by atoms with van der Waals surface area (Å²) in [6, 6.07) is 8.76. The van der Waals surface area contributed by atoms with E-state index in [9.17, 15) is 14.7 Å². The van der Waals surface area contributed by atoms with Gasteiger partial charge in [-0.25, -0.2) is 4.79 Å². The molecule has 1 aromatic rings. The van der Waals surface area contributed by atoms with Crippen LogP contribution in [0.3, 0.4) is 0 Å². The van der Waals surface area contributed by atoms with Crippen LogP contribution in [0.25, 0.3) is 0 Å². The molecule has 1 unspecified atom stereocenters. The van der Waals surface area contributed by atoms with Gasteiger partial charge in [0.1, 0.15) is 0 Å². The Morgan fingerprint density at radius 3 is 2.12 bits per heavy atom. The molecule has 0 saturated heterocycles. The molecule has 92 valence electrons. The third-order valence-corrected chi connectivity index (χ3v) is 2.81. The second-order valence-corrected chi connectivity index (χ2v) is 4.32. The lowest BCUT2D eigenvalue weighted by Crippen LogP contribution is -2.54. The summed E-state index contributed by atoms with van der Waals surface area (Å²) in [4.78, 5) is 22.9. The molecule has 0 bridgehead atoms. The van der Waals surface area contributed by atoms with Gasteiger partial charge < -0.3 is 10.4 Å². The predicted octanol–water partition coefficient (Wildman–Crippen LogP) is 1.76. The number of carbonyl (C=O) groups is 2. The standard InChI is InChI=1S/C13H17NO3/c1-9(2)13(12(16)17,14-10(3)15)11-7-5-4-6-8-11/h4-9H,1-3H3,(H,14,15)(H,16,17). The minimum atomic E-state index is -1.37. The molecular weight excluding hydrogens is 218 g/mol. The maximum atomic E-state index is 11.6. The molecule has 1 amide bonds. The highest BCUT2D eigenvalue weighted by Crippen LogP contribution is 2.30. The fourth-order valence-corrected chi connectivity index (χ4v) is 1.95. The zero-order chi connectivity index (χ0) is 13.1. The Bertz CT molecular complexity index is 414. The third kappa shape index (κ3) is 2.46. The molecule has 0 heterocycles. The van der Waals surface area contributed by atoms with Crippen LogP contribution in [0.5, 0.6) is 0 Å². The number of benzene rings is 1. The number of hydrogen-bond donors (Lipinski definition) is 2. The van der Waals surface area contributed by atoms with Crippen LogP contribution in [0.4, 0.5) is 0 Å². The highest BCUT2D eigenvalue weighted by Gasteiger charge is 2.44. The van der Waals surface area contributed by atoms with Gasteiger partial charge in [0.15, 0.2) is 5.54 Å². The maximum Gasteiger partial charge on any atom is 0.334 e. The van der Waals surface area contributed by atoms with Gasteiger partial charge in [0.2, 0.25) is 5.91 Å². The molecule has 0 aliphatic heterocycles. The minimum absolute atomic E-state index is 0.258. The molecule has 2 N–H and O–H groups in total. The minimum Gasteiger partial charge on any atom is -0.479 e. The first-order chi connectivity index (χ1) is 7.91. The van der Waals surface area contributed by atoms with Gasteiger partial charge in [0.05, 0.1) is 0 Å². The summed E-state index contributed by atoms with van der Waals surface area (Å²) >= 11 is 0. The molecule has 1 aromatic carbocycles. The van der Waals surface area contributed by atoms with Crippen molar-refractivity contribution in [3.8, 4) is 0 Å². The molecule has 0 aliphatic carbocycles. The second-order valence-electron chi connectivity index (χ2n) is 4.32. The number of aliphatic carboxylic acids is 1. The lowest BCUT2D eigenvalue weighted by atomic mass is 9.79. The number of carbonyl (C=O) groups excluding carboxylic acids is 1. The highest BCUT2D eigenvalue weighted by atomic mass is 16.4. The molecule has 0 spiro atoms. The summed E-state index contributed by atoms with van der Waals surface area (Å²) in [6.45, 7) is 4.87. The first-order valence-corrected chi connectivity index (χ1v) is 5.49. The van der Waals surface area contributed by atoms with Crippen molar-refractivity contribution in [2.75, 3.05) is 0 Å². The van der Waals surface area contributed by atoms with Gasteiger partial charge in [-0.2, -0.15) is 0 Å². The fourth-order valence-electron chi connectivity index (χ4n) is 1.95. The number of nitrogens with one attached hydrogen (secondary N) is 1. The summed E-state index contributed by atoms with van der Waals surface area (Å²) < 4.78 is 0. The van der Waals surface area contributed by atoms with Crippen molar-refractivity contribution in [3.05, 3.63) is 35.9 Å². The van der Waals surface area contributed by atoms with Crippen LogP contribution in [0.2, 0.25) is 0 Å². The molecule has 1 atom stereocenters. The normalized spacial score (nSPS) is 14.1. The van der Waals surface area contributed by atoms with E-state index < -0.39 is 11.5 Å². The number of amides is 1. The van der Waals surface area contributed by atoms with Crippen molar-refractivity contribution in [1.82, 2.24) is 5.32 Å². The van der Waals surface area contributed by atoms with Gasteiger partial charge in [-0.3, -0.25) is 4.79 Å². The maximum absolute atomic E-state index is 11.6.